The number of anilines is 2. The minimum Gasteiger partial charge on any atom is -0.378 e. The van der Waals surface area contributed by atoms with E-state index in [1.165, 1.54) is 6.08 Å². The van der Waals surface area contributed by atoms with Gasteiger partial charge in [-0.15, -0.1) is 0 Å². The zero-order valence-electron chi connectivity index (χ0n) is 22.9. The number of amides is 1. The maximum Gasteiger partial charge on any atom is 0.248 e. The number of morpholine rings is 1. The van der Waals surface area contributed by atoms with E-state index in [0.29, 0.717) is 38.3 Å². The van der Waals surface area contributed by atoms with E-state index in [-0.39, 0.29) is 11.7 Å². The first-order valence-corrected chi connectivity index (χ1v) is 13.4. The van der Waals surface area contributed by atoms with Gasteiger partial charge in [-0.3, -0.25) is 9.59 Å². The second-order valence-corrected chi connectivity index (χ2v) is 10.2. The van der Waals surface area contributed by atoms with Gasteiger partial charge in [-0.1, -0.05) is 42.5 Å². The van der Waals surface area contributed by atoms with E-state index in [0.717, 1.165) is 52.3 Å². The van der Waals surface area contributed by atoms with Crippen molar-refractivity contribution in [2.75, 3.05) is 57.2 Å². The molecule has 9 nitrogen and oxygen atoms in total. The third kappa shape index (κ3) is 6.99. The van der Waals surface area contributed by atoms with Gasteiger partial charge in [0.2, 0.25) is 5.91 Å². The first-order valence-electron chi connectivity index (χ1n) is 13.4. The van der Waals surface area contributed by atoms with Crippen molar-refractivity contribution in [3.05, 3.63) is 84.2 Å². The molecule has 0 radical (unpaired) electrons. The van der Waals surface area contributed by atoms with Gasteiger partial charge >= 0.3 is 0 Å². The number of carbonyl (C=O) groups excluding carboxylic acids is 2. The van der Waals surface area contributed by atoms with E-state index in [1.807, 2.05) is 73.6 Å². The molecule has 4 aromatic rings. The lowest BCUT2D eigenvalue weighted by molar-refractivity contribution is -0.117. The molecule has 0 saturated carbocycles. The second kappa shape index (κ2) is 12.7. The van der Waals surface area contributed by atoms with Gasteiger partial charge in [-0.2, -0.15) is 0 Å². The molecule has 1 amide bonds. The number of likely N-dealkylation sites (N-methyl/N-ethyl adjacent to an activating group) is 1. The van der Waals surface area contributed by atoms with Gasteiger partial charge in [-0.25, -0.2) is 9.97 Å². The molecule has 40 heavy (non-hydrogen) atoms. The van der Waals surface area contributed by atoms with Crippen LogP contribution < -0.4 is 10.2 Å². The third-order valence-corrected chi connectivity index (χ3v) is 6.74. The zero-order valence-corrected chi connectivity index (χ0v) is 22.9. The Morgan fingerprint density at radius 2 is 1.68 bits per heavy atom. The molecule has 3 heterocycles. The van der Waals surface area contributed by atoms with Gasteiger partial charge in [0, 0.05) is 49.9 Å². The van der Waals surface area contributed by atoms with E-state index in [2.05, 4.69) is 31.2 Å². The monoisotopic (exact) mass is 538 g/mol. The van der Waals surface area contributed by atoms with Gasteiger partial charge < -0.3 is 24.8 Å². The first-order chi connectivity index (χ1) is 19.4. The van der Waals surface area contributed by atoms with E-state index in [1.54, 1.807) is 6.33 Å². The number of aromatic nitrogens is 3. The van der Waals surface area contributed by atoms with Crippen LogP contribution in [0.3, 0.4) is 0 Å². The Morgan fingerprint density at radius 3 is 2.35 bits per heavy atom. The topological polar surface area (TPSA) is 103 Å². The van der Waals surface area contributed by atoms with Crippen molar-refractivity contribution in [3.63, 3.8) is 0 Å². The van der Waals surface area contributed by atoms with Gasteiger partial charge in [0.25, 0.3) is 0 Å². The smallest absolute Gasteiger partial charge is 0.248 e. The number of Topliss-reactive ketones (excluding diaryl/α,β-unsaturated/α-hetero) is 1. The number of hydrogen-bond acceptors (Lipinski definition) is 7. The van der Waals surface area contributed by atoms with Crippen LogP contribution in [0.2, 0.25) is 0 Å². The third-order valence-electron chi connectivity index (χ3n) is 6.74. The minimum atomic E-state index is -0.174. The van der Waals surface area contributed by atoms with Crippen LogP contribution in [0, 0.1) is 0 Å². The average molecular weight is 539 g/mol. The molecule has 0 unspecified atom stereocenters. The van der Waals surface area contributed by atoms with Crippen molar-refractivity contribution in [2.45, 2.75) is 12.8 Å². The van der Waals surface area contributed by atoms with Crippen molar-refractivity contribution in [2.24, 2.45) is 0 Å². The summed E-state index contributed by atoms with van der Waals surface area (Å²) in [5.41, 5.74) is 5.37. The summed E-state index contributed by atoms with van der Waals surface area (Å²) in [4.78, 5) is 41.3. The maximum absolute atomic E-state index is 12.8. The lowest BCUT2D eigenvalue weighted by Crippen LogP contribution is -2.36. The summed E-state index contributed by atoms with van der Waals surface area (Å²) in [7, 11) is 3.89. The Bertz CT molecular complexity index is 1490. The lowest BCUT2D eigenvalue weighted by atomic mass is 10.0. The highest BCUT2D eigenvalue weighted by Gasteiger charge is 2.17. The van der Waals surface area contributed by atoms with Crippen molar-refractivity contribution < 1.29 is 14.3 Å². The van der Waals surface area contributed by atoms with E-state index in [4.69, 9.17) is 4.74 Å². The molecule has 2 N–H and O–H groups in total. The van der Waals surface area contributed by atoms with Crippen molar-refractivity contribution in [3.8, 4) is 11.3 Å². The number of hydrogen-bond donors (Lipinski definition) is 2. The van der Waals surface area contributed by atoms with Crippen LogP contribution in [-0.4, -0.2) is 78.5 Å². The van der Waals surface area contributed by atoms with E-state index >= 15 is 0 Å². The summed E-state index contributed by atoms with van der Waals surface area (Å²) in [5, 5.41) is 3.83. The number of rotatable bonds is 10. The maximum atomic E-state index is 12.8. The van der Waals surface area contributed by atoms with Crippen LogP contribution in [0.15, 0.2) is 73.1 Å². The average Bonchev–Trinajstić information content (AvgIpc) is 3.39. The van der Waals surface area contributed by atoms with Crippen LogP contribution in [0.1, 0.15) is 11.1 Å². The SMILES string of the molecule is CN(C)C/C=C/C(=O)Nc1ccc(CC(=O)Cc2ccc(-c3cc4c(N5CCOCC5)ncnc4[nH]3)cc2)cc1. The number of ether oxygens (including phenoxy) is 1. The van der Waals surface area contributed by atoms with Crippen LogP contribution in [0.25, 0.3) is 22.3 Å². The molecule has 5 rings (SSSR count). The number of aromatic amines is 1. The fourth-order valence-electron chi connectivity index (χ4n) is 4.69. The van der Waals surface area contributed by atoms with Gasteiger partial charge in [0.15, 0.2) is 0 Å². The molecule has 0 spiro atoms. The molecule has 0 aliphatic carbocycles. The summed E-state index contributed by atoms with van der Waals surface area (Å²) in [6.07, 6.45) is 5.62. The minimum absolute atomic E-state index is 0.132. The number of nitrogens with one attached hydrogen (secondary N) is 2. The molecule has 2 aromatic carbocycles. The van der Waals surface area contributed by atoms with Crippen LogP contribution in [0.4, 0.5) is 11.5 Å². The normalized spacial score (nSPS) is 13.8. The lowest BCUT2D eigenvalue weighted by Gasteiger charge is -2.27. The standard InChI is InChI=1S/C31H34N6O3/c1-36(2)13-3-4-29(39)34-25-11-7-23(8-12-25)19-26(38)18-22-5-9-24(10-6-22)28-20-27-30(35-28)32-21-33-31(27)37-14-16-40-17-15-37/h3-12,20-21H,13-19H2,1-2H3,(H,34,39)(H,32,33,35)/b4-3+. The summed E-state index contributed by atoms with van der Waals surface area (Å²) < 4.78 is 5.48. The van der Waals surface area contributed by atoms with Gasteiger partial charge in [0.1, 0.15) is 23.6 Å². The highest BCUT2D eigenvalue weighted by atomic mass is 16.5. The number of carbonyl (C=O) groups is 2. The molecule has 1 aliphatic rings. The number of nitrogens with zero attached hydrogens (tertiary/aromatic N) is 4. The fraction of sp³-hybridized carbons (Fsp3) is 0.290. The molecule has 206 valence electrons. The number of benzene rings is 2. The summed E-state index contributed by atoms with van der Waals surface area (Å²) in [5.74, 6) is 0.879. The summed E-state index contributed by atoms with van der Waals surface area (Å²) in [6.45, 7) is 3.71. The summed E-state index contributed by atoms with van der Waals surface area (Å²) >= 11 is 0. The molecule has 9 heteroatoms. The quantitative estimate of drug-likeness (QED) is 0.296. The highest BCUT2D eigenvalue weighted by Crippen LogP contribution is 2.29. The van der Waals surface area contributed by atoms with Gasteiger partial charge in [0.05, 0.1) is 18.6 Å². The molecular weight excluding hydrogens is 504 g/mol. The van der Waals surface area contributed by atoms with Crippen LogP contribution >= 0.6 is 0 Å². The molecule has 1 fully saturated rings. The molecule has 0 bridgehead atoms. The van der Waals surface area contributed by atoms with Crippen molar-refractivity contribution in [1.29, 1.82) is 0 Å². The molecule has 1 saturated heterocycles. The molecule has 0 atom stereocenters. The van der Waals surface area contributed by atoms with Gasteiger partial charge in [-0.05, 0) is 49.0 Å². The van der Waals surface area contributed by atoms with Crippen molar-refractivity contribution in [1.82, 2.24) is 19.9 Å². The predicted molar refractivity (Wildman–Crippen MR) is 158 cm³/mol. The number of ketones is 1. The largest absolute Gasteiger partial charge is 0.378 e. The Hall–Kier alpha value is -4.34. The van der Waals surface area contributed by atoms with Crippen LogP contribution in [-0.2, 0) is 27.2 Å². The number of H-pyrrole nitrogens is 1. The Morgan fingerprint density at radius 1 is 1.00 bits per heavy atom. The Labute approximate surface area is 233 Å². The Balaban J connectivity index is 1.17. The second-order valence-electron chi connectivity index (χ2n) is 10.2. The van der Waals surface area contributed by atoms with E-state index < -0.39 is 0 Å². The molecular formula is C31H34N6O3. The first kappa shape index (κ1) is 27.2. The van der Waals surface area contributed by atoms with E-state index in [9.17, 15) is 9.59 Å². The summed E-state index contributed by atoms with van der Waals surface area (Å²) in [6, 6.07) is 17.5. The number of fused-ring (bicyclic) bond motifs is 1. The fourth-order valence-corrected chi connectivity index (χ4v) is 4.69. The highest BCUT2D eigenvalue weighted by molar-refractivity contribution is 5.99. The van der Waals surface area contributed by atoms with Crippen molar-refractivity contribution >= 4 is 34.2 Å². The predicted octanol–water partition coefficient (Wildman–Crippen LogP) is 3.87. The molecule has 2 aromatic heterocycles. The zero-order chi connectivity index (χ0) is 27.9. The Kier molecular flexibility index (Phi) is 8.63. The van der Waals surface area contributed by atoms with Crippen LogP contribution in [0.5, 0.6) is 0 Å². The molecule has 1 aliphatic heterocycles.